The topological polar surface area (TPSA) is 53.2 Å². The lowest BCUT2D eigenvalue weighted by molar-refractivity contribution is -0.259. The third-order valence-electron chi connectivity index (χ3n) is 3.34. The number of nitrogens with one attached hydrogen (secondary N) is 2. The summed E-state index contributed by atoms with van der Waals surface area (Å²) in [5.41, 5.74) is 0.283. The van der Waals surface area contributed by atoms with Gasteiger partial charge in [0.25, 0.3) is 5.91 Å². The molecule has 0 amide bonds. The molecule has 1 radical (unpaired) electrons. The first kappa shape index (κ1) is 19.8. The minimum Gasteiger partial charge on any atom is -0.335 e. The zero-order valence-corrected chi connectivity index (χ0v) is 14.3. The highest BCUT2D eigenvalue weighted by molar-refractivity contribution is 4.75. The Morgan fingerprint density at radius 1 is 1.15 bits per heavy atom. The van der Waals surface area contributed by atoms with Crippen LogP contribution in [0, 0.1) is 5.41 Å². The minimum atomic E-state index is -1.51. The van der Waals surface area contributed by atoms with Gasteiger partial charge < -0.3 is 10.1 Å². The first-order valence-electron chi connectivity index (χ1n) is 8.09. The molecule has 0 aliphatic rings. The summed E-state index contributed by atoms with van der Waals surface area (Å²) in [6, 6.07) is 0.230. The van der Waals surface area contributed by atoms with Crippen molar-refractivity contribution < 1.29 is 9.84 Å². The average molecular weight is 287 g/mol. The van der Waals surface area contributed by atoms with Crippen LogP contribution in [0.25, 0.3) is 0 Å². The number of ether oxygens (including phenoxy) is 1. The molecule has 0 aromatic carbocycles. The quantitative estimate of drug-likeness (QED) is 0.453. The fraction of sp³-hybridized carbons (Fsp3) is 1.00. The maximum Gasteiger partial charge on any atom is 0.271 e. The zero-order valence-electron chi connectivity index (χ0n) is 14.3. The van der Waals surface area contributed by atoms with Gasteiger partial charge in [-0.1, -0.05) is 41.0 Å². The highest BCUT2D eigenvalue weighted by atomic mass is 16.6. The summed E-state index contributed by atoms with van der Waals surface area (Å²) in [6.45, 7) is 14.3. The second kappa shape index (κ2) is 9.72. The maximum atomic E-state index is 12.7. The molecule has 4 nitrogen and oxygen atoms in total. The van der Waals surface area contributed by atoms with E-state index in [0.717, 1.165) is 32.2 Å². The zero-order chi connectivity index (χ0) is 15.6. The van der Waals surface area contributed by atoms with Crippen molar-refractivity contribution in [2.75, 3.05) is 19.7 Å². The summed E-state index contributed by atoms with van der Waals surface area (Å²) in [6.07, 6.45) is 4.08. The molecule has 20 heavy (non-hydrogen) atoms. The van der Waals surface area contributed by atoms with Crippen LogP contribution >= 0.6 is 0 Å². The third kappa shape index (κ3) is 9.70. The molecule has 4 heteroatoms. The Morgan fingerprint density at radius 2 is 1.80 bits per heavy atom. The third-order valence-corrected chi connectivity index (χ3v) is 3.34. The van der Waals surface area contributed by atoms with Crippen LogP contribution in [0.2, 0.25) is 0 Å². The van der Waals surface area contributed by atoms with Crippen LogP contribution in [0.4, 0.5) is 0 Å². The van der Waals surface area contributed by atoms with Gasteiger partial charge >= 0.3 is 0 Å². The lowest BCUT2D eigenvalue weighted by Crippen LogP contribution is -2.57. The highest BCUT2D eigenvalue weighted by Crippen LogP contribution is 2.17. The number of hydrogen-bond donors (Lipinski definition) is 2. The van der Waals surface area contributed by atoms with Gasteiger partial charge in [-0.2, -0.15) is 5.11 Å². The van der Waals surface area contributed by atoms with Crippen molar-refractivity contribution in [1.29, 1.82) is 0 Å². The van der Waals surface area contributed by atoms with Gasteiger partial charge in [0.05, 0.1) is 6.54 Å². The molecule has 0 aromatic rings. The van der Waals surface area contributed by atoms with Crippen LogP contribution in [-0.2, 0) is 9.84 Å². The molecular weight excluding hydrogens is 252 g/mol. The number of rotatable bonds is 11. The predicted octanol–water partition coefficient (Wildman–Crippen LogP) is 3.30. The van der Waals surface area contributed by atoms with Crippen LogP contribution < -0.4 is 10.6 Å². The van der Waals surface area contributed by atoms with Crippen molar-refractivity contribution in [1.82, 2.24) is 10.6 Å². The molecule has 0 aliphatic carbocycles. The fourth-order valence-electron chi connectivity index (χ4n) is 2.13. The molecule has 0 saturated carbocycles. The molecular formula is C16H35N2O2. The Hall–Kier alpha value is -0.160. The van der Waals surface area contributed by atoms with E-state index in [2.05, 4.69) is 45.3 Å². The van der Waals surface area contributed by atoms with Gasteiger partial charge in [-0.15, -0.1) is 0 Å². The lowest BCUT2D eigenvalue weighted by atomic mass is 9.92. The van der Waals surface area contributed by atoms with E-state index >= 15 is 0 Å². The van der Waals surface area contributed by atoms with E-state index in [1.165, 1.54) is 0 Å². The summed E-state index contributed by atoms with van der Waals surface area (Å²) < 4.78 is 5.41. The summed E-state index contributed by atoms with van der Waals surface area (Å²) in [5.74, 6) is -1.51. The first-order valence-corrected chi connectivity index (χ1v) is 8.09. The summed E-state index contributed by atoms with van der Waals surface area (Å²) in [5, 5.41) is 19.1. The monoisotopic (exact) mass is 287 g/mol. The molecule has 2 unspecified atom stereocenters. The molecule has 0 fully saturated rings. The van der Waals surface area contributed by atoms with Crippen LogP contribution in [0.3, 0.4) is 0 Å². The Labute approximate surface area is 125 Å². The Bertz CT molecular complexity index is 241. The van der Waals surface area contributed by atoms with E-state index in [1.807, 2.05) is 6.92 Å². The second-order valence-corrected chi connectivity index (χ2v) is 6.71. The molecule has 0 aliphatic heterocycles. The largest absolute Gasteiger partial charge is 0.335 e. The predicted molar refractivity (Wildman–Crippen MR) is 84.1 cm³/mol. The second-order valence-electron chi connectivity index (χ2n) is 6.71. The Morgan fingerprint density at radius 3 is 2.25 bits per heavy atom. The van der Waals surface area contributed by atoms with Crippen molar-refractivity contribution in [2.24, 2.45) is 5.41 Å². The van der Waals surface area contributed by atoms with Gasteiger partial charge in [0.2, 0.25) is 0 Å². The normalized spacial score (nSPS) is 16.9. The van der Waals surface area contributed by atoms with Gasteiger partial charge in [0.1, 0.15) is 0 Å². The Balaban J connectivity index is 4.29. The molecule has 2 atom stereocenters. The summed E-state index contributed by atoms with van der Waals surface area (Å²) in [4.78, 5) is 0. The fourth-order valence-corrected chi connectivity index (χ4v) is 2.13. The lowest BCUT2D eigenvalue weighted by Gasteiger charge is -2.31. The van der Waals surface area contributed by atoms with Crippen molar-refractivity contribution in [3.8, 4) is 0 Å². The van der Waals surface area contributed by atoms with E-state index in [4.69, 9.17) is 4.74 Å². The minimum absolute atomic E-state index is 0.230. The van der Waals surface area contributed by atoms with E-state index in [-0.39, 0.29) is 11.5 Å². The van der Waals surface area contributed by atoms with Crippen LogP contribution in [0.5, 0.6) is 0 Å². The van der Waals surface area contributed by atoms with E-state index in [1.54, 1.807) is 0 Å². The van der Waals surface area contributed by atoms with Crippen molar-refractivity contribution in [2.45, 2.75) is 79.2 Å². The maximum absolute atomic E-state index is 12.7. The van der Waals surface area contributed by atoms with E-state index < -0.39 is 5.91 Å². The molecule has 121 valence electrons. The van der Waals surface area contributed by atoms with Crippen molar-refractivity contribution >= 4 is 0 Å². The summed E-state index contributed by atoms with van der Waals surface area (Å²) in [7, 11) is 0. The molecule has 0 aromatic heterocycles. The van der Waals surface area contributed by atoms with Crippen LogP contribution in [-0.4, -0.2) is 31.6 Å². The van der Waals surface area contributed by atoms with Crippen molar-refractivity contribution in [3.05, 3.63) is 0 Å². The molecule has 0 spiro atoms. The van der Waals surface area contributed by atoms with Crippen molar-refractivity contribution in [3.63, 3.8) is 0 Å². The SMILES string of the molecule is CCCC(CC)NC([O])(CNCCC(C)(C)C)OCC. The Kier molecular flexibility index (Phi) is 9.64. The van der Waals surface area contributed by atoms with Gasteiger partial charge in [-0.25, -0.2) is 0 Å². The van der Waals surface area contributed by atoms with Gasteiger partial charge in [0, 0.05) is 12.6 Å². The molecule has 0 rings (SSSR count). The van der Waals surface area contributed by atoms with E-state index in [0.29, 0.717) is 13.2 Å². The first-order chi connectivity index (χ1) is 9.26. The molecule has 2 N–H and O–H groups in total. The van der Waals surface area contributed by atoms with Crippen LogP contribution in [0.1, 0.15) is 67.2 Å². The summed E-state index contributed by atoms with van der Waals surface area (Å²) >= 11 is 0. The van der Waals surface area contributed by atoms with Gasteiger partial charge in [-0.3, -0.25) is 5.32 Å². The number of hydrogen-bond acceptors (Lipinski definition) is 3. The standard InChI is InChI=1S/C16H35N2O2/c1-7-10-14(8-2)18-16(19,20-9-3)13-17-12-11-15(4,5)6/h14,17-18H,7-13H2,1-6H3. The average Bonchev–Trinajstić information content (AvgIpc) is 2.33. The van der Waals surface area contributed by atoms with Gasteiger partial charge in [0.15, 0.2) is 0 Å². The van der Waals surface area contributed by atoms with E-state index in [9.17, 15) is 5.11 Å². The van der Waals surface area contributed by atoms with Gasteiger partial charge in [-0.05, 0) is 38.1 Å². The molecule has 0 saturated heterocycles. The highest BCUT2D eigenvalue weighted by Gasteiger charge is 2.31. The smallest absolute Gasteiger partial charge is 0.271 e. The van der Waals surface area contributed by atoms with Crippen LogP contribution in [0.15, 0.2) is 0 Å². The molecule has 0 bridgehead atoms. The molecule has 0 heterocycles.